The first-order valence-corrected chi connectivity index (χ1v) is 5.94. The second kappa shape index (κ2) is 6.14. The van der Waals surface area contributed by atoms with Crippen molar-refractivity contribution in [2.75, 3.05) is 18.5 Å². The van der Waals surface area contributed by atoms with Gasteiger partial charge in [0.2, 0.25) is 5.89 Å². The number of hydrogen-bond acceptors (Lipinski definition) is 6. The molecule has 1 heterocycles. The number of halogens is 1. The van der Waals surface area contributed by atoms with Gasteiger partial charge in [0.05, 0.1) is 6.61 Å². The fourth-order valence-electron chi connectivity index (χ4n) is 1.50. The number of nitrogens with two attached hydrogens (primary N) is 1. The van der Waals surface area contributed by atoms with Gasteiger partial charge in [0, 0.05) is 24.7 Å². The maximum Gasteiger partial charge on any atom is 0.320 e. The zero-order valence-corrected chi connectivity index (χ0v) is 10.5. The van der Waals surface area contributed by atoms with Crippen molar-refractivity contribution in [1.82, 2.24) is 10.2 Å². The van der Waals surface area contributed by atoms with Crippen molar-refractivity contribution < 1.29 is 13.5 Å². The van der Waals surface area contributed by atoms with Gasteiger partial charge in [-0.1, -0.05) is 5.10 Å². The molecule has 0 unspecified atom stereocenters. The standard InChI is InChI=1S/C12H15FN4O2/c1-2-18-10-4-3-8(7-9(10)13)15-12-17-16-11(19-12)5-6-14/h3-4,7H,2,5-6,14H2,1H3,(H,15,17). The SMILES string of the molecule is CCOc1ccc(Nc2nnc(CCN)o2)cc1F. The molecule has 0 aliphatic carbocycles. The van der Waals surface area contributed by atoms with Crippen molar-refractivity contribution >= 4 is 11.7 Å². The zero-order chi connectivity index (χ0) is 13.7. The average Bonchev–Trinajstić information content (AvgIpc) is 2.81. The molecule has 6 nitrogen and oxygen atoms in total. The van der Waals surface area contributed by atoms with Crippen molar-refractivity contribution in [3.05, 3.63) is 29.9 Å². The number of hydrogen-bond donors (Lipinski definition) is 2. The summed E-state index contributed by atoms with van der Waals surface area (Å²) >= 11 is 0. The predicted octanol–water partition coefficient (Wildman–Crippen LogP) is 1.85. The Morgan fingerprint density at radius 2 is 2.26 bits per heavy atom. The molecule has 1 aromatic carbocycles. The monoisotopic (exact) mass is 266 g/mol. The molecule has 0 aliphatic rings. The summed E-state index contributed by atoms with van der Waals surface area (Å²) < 4.78 is 24.0. The minimum Gasteiger partial charge on any atom is -0.491 e. The summed E-state index contributed by atoms with van der Waals surface area (Å²) in [4.78, 5) is 0. The van der Waals surface area contributed by atoms with Crippen LogP contribution in [0.4, 0.5) is 16.1 Å². The first-order valence-electron chi connectivity index (χ1n) is 5.94. The topological polar surface area (TPSA) is 86.2 Å². The van der Waals surface area contributed by atoms with Crippen LogP contribution >= 0.6 is 0 Å². The highest BCUT2D eigenvalue weighted by molar-refractivity contribution is 5.53. The largest absolute Gasteiger partial charge is 0.491 e. The third kappa shape index (κ3) is 3.41. The number of benzene rings is 1. The molecule has 0 amide bonds. The molecule has 2 rings (SSSR count). The molecule has 0 atom stereocenters. The van der Waals surface area contributed by atoms with Crippen molar-refractivity contribution in [1.29, 1.82) is 0 Å². The average molecular weight is 266 g/mol. The quantitative estimate of drug-likeness (QED) is 0.829. The summed E-state index contributed by atoms with van der Waals surface area (Å²) in [5.74, 6) is 0.201. The van der Waals surface area contributed by atoms with Crippen molar-refractivity contribution in [2.24, 2.45) is 5.73 Å². The number of ether oxygens (including phenoxy) is 1. The minimum absolute atomic E-state index is 0.201. The lowest BCUT2D eigenvalue weighted by Crippen LogP contribution is -2.02. The molecule has 0 aliphatic heterocycles. The summed E-state index contributed by atoms with van der Waals surface area (Å²) in [6, 6.07) is 4.71. The molecule has 0 bridgehead atoms. The van der Waals surface area contributed by atoms with Gasteiger partial charge in [-0.15, -0.1) is 5.10 Å². The van der Waals surface area contributed by atoms with Gasteiger partial charge in [-0.3, -0.25) is 0 Å². The van der Waals surface area contributed by atoms with E-state index in [2.05, 4.69) is 15.5 Å². The normalized spacial score (nSPS) is 10.5. The molecule has 0 fully saturated rings. The van der Waals surface area contributed by atoms with Crippen LogP contribution in [-0.2, 0) is 6.42 Å². The lowest BCUT2D eigenvalue weighted by atomic mass is 10.3. The highest BCUT2D eigenvalue weighted by Crippen LogP contribution is 2.23. The number of nitrogens with one attached hydrogen (secondary N) is 1. The molecule has 19 heavy (non-hydrogen) atoms. The van der Waals surface area contributed by atoms with E-state index >= 15 is 0 Å². The zero-order valence-electron chi connectivity index (χ0n) is 10.5. The van der Waals surface area contributed by atoms with E-state index in [1.807, 2.05) is 0 Å². The van der Waals surface area contributed by atoms with Crippen LogP contribution in [0.1, 0.15) is 12.8 Å². The van der Waals surface area contributed by atoms with E-state index in [4.69, 9.17) is 14.9 Å². The molecule has 0 saturated heterocycles. The van der Waals surface area contributed by atoms with Gasteiger partial charge in [-0.25, -0.2) is 4.39 Å². The molecule has 102 valence electrons. The highest BCUT2D eigenvalue weighted by atomic mass is 19.1. The number of nitrogens with zero attached hydrogens (tertiary/aromatic N) is 2. The van der Waals surface area contributed by atoms with E-state index in [1.54, 1.807) is 19.1 Å². The van der Waals surface area contributed by atoms with Gasteiger partial charge < -0.3 is 20.2 Å². The second-order valence-corrected chi connectivity index (χ2v) is 3.74. The number of aromatic nitrogens is 2. The van der Waals surface area contributed by atoms with Crippen LogP contribution in [0.25, 0.3) is 0 Å². The van der Waals surface area contributed by atoms with Gasteiger partial charge in [-0.2, -0.15) is 0 Å². The summed E-state index contributed by atoms with van der Waals surface area (Å²) in [5.41, 5.74) is 5.88. The van der Waals surface area contributed by atoms with Crippen LogP contribution in [0.2, 0.25) is 0 Å². The van der Waals surface area contributed by atoms with E-state index < -0.39 is 5.82 Å². The lowest BCUT2D eigenvalue weighted by molar-refractivity contribution is 0.321. The predicted molar refractivity (Wildman–Crippen MR) is 67.9 cm³/mol. The molecule has 0 saturated carbocycles. The summed E-state index contributed by atoms with van der Waals surface area (Å²) in [5, 5.41) is 10.4. The fourth-order valence-corrected chi connectivity index (χ4v) is 1.50. The Balaban J connectivity index is 2.07. The van der Waals surface area contributed by atoms with E-state index in [-0.39, 0.29) is 11.8 Å². The molecule has 2 aromatic rings. The first-order chi connectivity index (χ1) is 9.22. The van der Waals surface area contributed by atoms with Crippen LogP contribution in [0.15, 0.2) is 22.6 Å². The minimum atomic E-state index is -0.450. The van der Waals surface area contributed by atoms with Gasteiger partial charge in [-0.05, 0) is 19.1 Å². The molecule has 1 aromatic heterocycles. The Labute approximate surface area is 109 Å². The second-order valence-electron chi connectivity index (χ2n) is 3.74. The van der Waals surface area contributed by atoms with Crippen LogP contribution in [-0.4, -0.2) is 23.3 Å². The Bertz CT molecular complexity index is 544. The number of rotatable bonds is 6. The Hall–Kier alpha value is -2.15. The summed E-state index contributed by atoms with van der Waals surface area (Å²) in [6.45, 7) is 2.64. The van der Waals surface area contributed by atoms with E-state index in [9.17, 15) is 4.39 Å². The lowest BCUT2D eigenvalue weighted by Gasteiger charge is -2.06. The van der Waals surface area contributed by atoms with E-state index in [0.717, 1.165) is 0 Å². The Kier molecular flexibility index (Phi) is 4.30. The molecular weight excluding hydrogens is 251 g/mol. The van der Waals surface area contributed by atoms with Gasteiger partial charge in [0.25, 0.3) is 0 Å². The fraction of sp³-hybridized carbons (Fsp3) is 0.333. The van der Waals surface area contributed by atoms with Crippen LogP contribution < -0.4 is 15.8 Å². The highest BCUT2D eigenvalue weighted by Gasteiger charge is 2.08. The van der Waals surface area contributed by atoms with Crippen molar-refractivity contribution in [2.45, 2.75) is 13.3 Å². The van der Waals surface area contributed by atoms with Crippen molar-refractivity contribution in [3.63, 3.8) is 0 Å². The third-order valence-electron chi connectivity index (χ3n) is 2.31. The maximum absolute atomic E-state index is 13.6. The molecular formula is C12H15FN4O2. The molecule has 7 heteroatoms. The molecule has 0 spiro atoms. The van der Waals surface area contributed by atoms with Crippen molar-refractivity contribution in [3.8, 4) is 5.75 Å². The Morgan fingerprint density at radius 1 is 1.42 bits per heavy atom. The van der Waals surface area contributed by atoms with Gasteiger partial charge in [0.1, 0.15) is 0 Å². The molecule has 3 N–H and O–H groups in total. The van der Waals surface area contributed by atoms with E-state index in [1.165, 1.54) is 6.07 Å². The van der Waals surface area contributed by atoms with Gasteiger partial charge >= 0.3 is 6.01 Å². The summed E-state index contributed by atoms with van der Waals surface area (Å²) in [7, 11) is 0. The Morgan fingerprint density at radius 3 is 2.95 bits per heavy atom. The van der Waals surface area contributed by atoms with Crippen LogP contribution in [0.5, 0.6) is 5.75 Å². The number of anilines is 2. The van der Waals surface area contributed by atoms with E-state index in [0.29, 0.717) is 31.2 Å². The third-order valence-corrected chi connectivity index (χ3v) is 2.31. The maximum atomic E-state index is 13.6. The van der Waals surface area contributed by atoms with Crippen LogP contribution in [0.3, 0.4) is 0 Å². The first kappa shape index (κ1) is 13.3. The summed E-state index contributed by atoms with van der Waals surface area (Å²) in [6.07, 6.45) is 0.506. The van der Waals surface area contributed by atoms with Gasteiger partial charge in [0.15, 0.2) is 11.6 Å². The van der Waals surface area contributed by atoms with Crippen LogP contribution in [0, 0.1) is 5.82 Å². The molecule has 0 radical (unpaired) electrons. The smallest absolute Gasteiger partial charge is 0.320 e.